The molecule has 4 heteroatoms. The first-order valence-electron chi connectivity index (χ1n) is 5.02. The molecule has 0 atom stereocenters. The summed E-state index contributed by atoms with van der Waals surface area (Å²) in [6.07, 6.45) is 2.89. The van der Waals surface area contributed by atoms with Gasteiger partial charge >= 0.3 is 0 Å². The molecule has 0 fully saturated rings. The number of aromatic nitrogens is 2. The molecule has 78 valence electrons. The summed E-state index contributed by atoms with van der Waals surface area (Å²) < 4.78 is 0. The summed E-state index contributed by atoms with van der Waals surface area (Å²) in [4.78, 5) is 10.6. The van der Waals surface area contributed by atoms with Crippen LogP contribution in [0.4, 0.5) is 5.82 Å². The van der Waals surface area contributed by atoms with E-state index in [0.29, 0.717) is 6.54 Å². The Balaban J connectivity index is 2.75. The van der Waals surface area contributed by atoms with E-state index >= 15 is 0 Å². The molecule has 0 saturated carbocycles. The summed E-state index contributed by atoms with van der Waals surface area (Å²) in [6.45, 7) is 6.55. The smallest absolute Gasteiger partial charge is 0.132 e. The van der Waals surface area contributed by atoms with Crippen molar-refractivity contribution < 1.29 is 0 Å². The van der Waals surface area contributed by atoms with Gasteiger partial charge in [-0.15, -0.1) is 0 Å². The van der Waals surface area contributed by atoms with Gasteiger partial charge in [0.15, 0.2) is 0 Å². The van der Waals surface area contributed by atoms with Crippen molar-refractivity contribution in [1.29, 1.82) is 0 Å². The molecule has 0 radical (unpaired) electrons. The monoisotopic (exact) mass is 194 g/mol. The van der Waals surface area contributed by atoms with Gasteiger partial charge < -0.3 is 10.6 Å². The quantitative estimate of drug-likeness (QED) is 0.758. The molecule has 0 aliphatic carbocycles. The van der Waals surface area contributed by atoms with Crippen LogP contribution in [0.3, 0.4) is 0 Å². The van der Waals surface area contributed by atoms with E-state index in [9.17, 15) is 0 Å². The highest BCUT2D eigenvalue weighted by molar-refractivity contribution is 5.37. The number of aryl methyl sites for hydroxylation is 1. The van der Waals surface area contributed by atoms with Gasteiger partial charge in [0.05, 0.1) is 0 Å². The molecule has 1 aromatic rings. The third-order valence-corrected chi connectivity index (χ3v) is 1.98. The normalized spacial score (nSPS) is 10.2. The molecule has 0 aromatic carbocycles. The van der Waals surface area contributed by atoms with Crippen molar-refractivity contribution >= 4 is 5.82 Å². The second-order valence-electron chi connectivity index (χ2n) is 3.24. The maximum Gasteiger partial charge on any atom is 0.132 e. The van der Waals surface area contributed by atoms with Gasteiger partial charge in [-0.2, -0.15) is 0 Å². The first kappa shape index (κ1) is 10.9. The van der Waals surface area contributed by atoms with Crippen LogP contribution in [0.25, 0.3) is 0 Å². The molecule has 0 saturated heterocycles. The molecule has 2 N–H and O–H groups in total. The Hall–Kier alpha value is -1.16. The molecule has 0 amide bonds. The summed E-state index contributed by atoms with van der Waals surface area (Å²) in [5, 5.41) is 0. The summed E-state index contributed by atoms with van der Waals surface area (Å²) in [7, 11) is 0. The average molecular weight is 194 g/mol. The molecular formula is C10H18N4. The highest BCUT2D eigenvalue weighted by Gasteiger charge is 2.05. The Kier molecular flexibility index (Phi) is 4.32. The van der Waals surface area contributed by atoms with Crippen LogP contribution in [0.5, 0.6) is 0 Å². The molecule has 1 heterocycles. The lowest BCUT2D eigenvalue weighted by atomic mass is 10.4. The third-order valence-electron chi connectivity index (χ3n) is 1.98. The Morgan fingerprint density at radius 1 is 1.43 bits per heavy atom. The second-order valence-corrected chi connectivity index (χ2v) is 3.24. The van der Waals surface area contributed by atoms with E-state index < -0.39 is 0 Å². The Bertz CT molecular complexity index is 269. The zero-order valence-electron chi connectivity index (χ0n) is 8.90. The van der Waals surface area contributed by atoms with E-state index in [4.69, 9.17) is 5.73 Å². The lowest BCUT2D eigenvalue weighted by Gasteiger charge is -2.22. The maximum atomic E-state index is 5.55. The molecule has 4 nitrogen and oxygen atoms in total. The van der Waals surface area contributed by atoms with Gasteiger partial charge in [-0.3, -0.25) is 0 Å². The molecule has 0 bridgehead atoms. The predicted octanol–water partition coefficient (Wildman–Crippen LogP) is 0.960. The van der Waals surface area contributed by atoms with Gasteiger partial charge in [-0.05, 0) is 19.4 Å². The van der Waals surface area contributed by atoms with E-state index in [2.05, 4.69) is 21.8 Å². The van der Waals surface area contributed by atoms with Crippen LogP contribution in [0.15, 0.2) is 12.3 Å². The van der Waals surface area contributed by atoms with E-state index in [1.165, 1.54) is 0 Å². The average Bonchev–Trinajstić information content (AvgIpc) is 2.17. The van der Waals surface area contributed by atoms with E-state index in [1.807, 2.05) is 13.0 Å². The number of anilines is 1. The van der Waals surface area contributed by atoms with Crippen LogP contribution in [0, 0.1) is 6.92 Å². The van der Waals surface area contributed by atoms with Gasteiger partial charge in [0.25, 0.3) is 0 Å². The van der Waals surface area contributed by atoms with Crippen LogP contribution in [-0.2, 0) is 0 Å². The number of nitrogens with zero attached hydrogens (tertiary/aromatic N) is 3. The number of hydrogen-bond donors (Lipinski definition) is 1. The van der Waals surface area contributed by atoms with Crippen molar-refractivity contribution in [3.8, 4) is 0 Å². The van der Waals surface area contributed by atoms with E-state index in [1.54, 1.807) is 6.20 Å². The number of rotatable bonds is 5. The molecule has 0 spiro atoms. The fraction of sp³-hybridized carbons (Fsp3) is 0.600. The molecule has 14 heavy (non-hydrogen) atoms. The van der Waals surface area contributed by atoms with Crippen LogP contribution < -0.4 is 10.6 Å². The highest BCUT2D eigenvalue weighted by Crippen LogP contribution is 2.09. The van der Waals surface area contributed by atoms with Gasteiger partial charge in [-0.1, -0.05) is 6.92 Å². The maximum absolute atomic E-state index is 5.55. The summed E-state index contributed by atoms with van der Waals surface area (Å²) in [5.74, 6) is 1.78. The topological polar surface area (TPSA) is 55.0 Å². The Labute approximate surface area is 85.2 Å². The minimum Gasteiger partial charge on any atom is -0.355 e. The van der Waals surface area contributed by atoms with Gasteiger partial charge in [-0.25, -0.2) is 9.97 Å². The van der Waals surface area contributed by atoms with E-state index in [0.717, 1.165) is 31.2 Å². The van der Waals surface area contributed by atoms with Crippen molar-refractivity contribution in [2.24, 2.45) is 5.73 Å². The first-order valence-corrected chi connectivity index (χ1v) is 5.02. The van der Waals surface area contributed by atoms with Crippen LogP contribution in [0.1, 0.15) is 19.2 Å². The fourth-order valence-electron chi connectivity index (χ4n) is 1.39. The SMILES string of the molecule is CCCN(CCN)c1ccnc(C)n1. The summed E-state index contributed by atoms with van der Waals surface area (Å²) >= 11 is 0. The fourth-order valence-corrected chi connectivity index (χ4v) is 1.39. The molecule has 1 aromatic heterocycles. The Morgan fingerprint density at radius 3 is 2.79 bits per heavy atom. The van der Waals surface area contributed by atoms with Gasteiger partial charge in [0, 0.05) is 25.8 Å². The van der Waals surface area contributed by atoms with Crippen LogP contribution in [0.2, 0.25) is 0 Å². The number of nitrogens with two attached hydrogens (primary N) is 1. The van der Waals surface area contributed by atoms with Crippen LogP contribution in [-0.4, -0.2) is 29.6 Å². The third kappa shape index (κ3) is 2.96. The lowest BCUT2D eigenvalue weighted by Crippen LogP contribution is -2.30. The van der Waals surface area contributed by atoms with Crippen LogP contribution >= 0.6 is 0 Å². The van der Waals surface area contributed by atoms with Gasteiger partial charge in [0.2, 0.25) is 0 Å². The van der Waals surface area contributed by atoms with Crippen molar-refractivity contribution in [2.75, 3.05) is 24.5 Å². The first-order chi connectivity index (χ1) is 6.77. The largest absolute Gasteiger partial charge is 0.355 e. The number of hydrogen-bond acceptors (Lipinski definition) is 4. The molecule has 0 aliphatic heterocycles. The standard InChI is InChI=1S/C10H18N4/c1-3-7-14(8-5-11)10-4-6-12-9(2)13-10/h4,6H,3,5,7-8,11H2,1-2H3. The molecular weight excluding hydrogens is 176 g/mol. The molecule has 0 unspecified atom stereocenters. The van der Waals surface area contributed by atoms with Gasteiger partial charge in [0.1, 0.15) is 11.6 Å². The summed E-state index contributed by atoms with van der Waals surface area (Å²) in [6, 6.07) is 1.93. The molecule has 1 rings (SSSR count). The van der Waals surface area contributed by atoms with E-state index in [-0.39, 0.29) is 0 Å². The zero-order chi connectivity index (χ0) is 10.4. The van der Waals surface area contributed by atoms with Crippen molar-refractivity contribution in [3.05, 3.63) is 18.1 Å². The Morgan fingerprint density at radius 2 is 2.21 bits per heavy atom. The summed E-state index contributed by atoms with van der Waals surface area (Å²) in [5.41, 5.74) is 5.55. The minimum absolute atomic E-state index is 0.656. The lowest BCUT2D eigenvalue weighted by molar-refractivity contribution is 0.746. The van der Waals surface area contributed by atoms with Crippen molar-refractivity contribution in [1.82, 2.24) is 9.97 Å². The zero-order valence-corrected chi connectivity index (χ0v) is 8.90. The predicted molar refractivity (Wildman–Crippen MR) is 58.3 cm³/mol. The van der Waals surface area contributed by atoms with Crippen molar-refractivity contribution in [3.63, 3.8) is 0 Å². The second kappa shape index (κ2) is 5.54. The molecule has 0 aliphatic rings. The highest BCUT2D eigenvalue weighted by atomic mass is 15.2. The minimum atomic E-state index is 0.656. The van der Waals surface area contributed by atoms with Crippen molar-refractivity contribution in [2.45, 2.75) is 20.3 Å².